The normalized spacial score (nSPS) is 20.9. The third-order valence-electron chi connectivity index (χ3n) is 3.34. The molecule has 0 aliphatic carbocycles. The fourth-order valence-electron chi connectivity index (χ4n) is 2.40. The number of hydrogen-bond acceptors (Lipinski definition) is 5. The van der Waals surface area contributed by atoms with E-state index in [4.69, 9.17) is 0 Å². The summed E-state index contributed by atoms with van der Waals surface area (Å²) in [6.07, 6.45) is 4.74. The summed E-state index contributed by atoms with van der Waals surface area (Å²) in [5, 5.41) is 4.42. The van der Waals surface area contributed by atoms with Crippen LogP contribution in [0.1, 0.15) is 38.9 Å². The second kappa shape index (κ2) is 6.31. The van der Waals surface area contributed by atoms with E-state index in [1.807, 2.05) is 0 Å². The zero-order valence-corrected chi connectivity index (χ0v) is 11.6. The molecule has 1 saturated heterocycles. The number of aromatic nitrogens is 2. The summed E-state index contributed by atoms with van der Waals surface area (Å²) in [5.74, 6) is 0.985. The lowest BCUT2D eigenvalue weighted by Gasteiger charge is -2.22. The van der Waals surface area contributed by atoms with Crippen LogP contribution < -0.4 is 5.32 Å². The molecule has 1 aliphatic heterocycles. The lowest BCUT2D eigenvalue weighted by Crippen LogP contribution is -2.34. The zero-order chi connectivity index (χ0) is 12.1. The van der Waals surface area contributed by atoms with Crippen molar-refractivity contribution in [3.63, 3.8) is 0 Å². The van der Waals surface area contributed by atoms with Crippen LogP contribution in [-0.2, 0) is 6.42 Å². The highest BCUT2D eigenvalue weighted by atomic mass is 32.1. The minimum absolute atomic E-state index is 0.679. The molecule has 2 rings (SSSR count). The smallest absolute Gasteiger partial charge is 0.202 e. The number of nitrogens with one attached hydrogen (secondary N) is 1. The van der Waals surface area contributed by atoms with Gasteiger partial charge < -0.3 is 5.32 Å². The minimum Gasteiger partial charge on any atom is -0.359 e. The molecule has 0 saturated carbocycles. The van der Waals surface area contributed by atoms with Crippen molar-refractivity contribution >= 4 is 16.7 Å². The zero-order valence-electron chi connectivity index (χ0n) is 10.8. The Bertz CT molecular complexity index is 339. The molecule has 2 heterocycles. The third kappa shape index (κ3) is 3.39. The van der Waals surface area contributed by atoms with E-state index in [0.717, 1.165) is 36.9 Å². The van der Waals surface area contributed by atoms with Crippen LogP contribution in [0, 0.1) is 0 Å². The maximum absolute atomic E-state index is 4.49. The molecule has 1 N–H and O–H groups in total. The molecule has 1 aliphatic rings. The van der Waals surface area contributed by atoms with Crippen LogP contribution in [0.15, 0.2) is 0 Å². The molecule has 0 spiro atoms. The first-order chi connectivity index (χ1) is 8.33. The van der Waals surface area contributed by atoms with Crippen molar-refractivity contribution in [2.45, 2.75) is 45.6 Å². The Labute approximate surface area is 108 Å². The summed E-state index contributed by atoms with van der Waals surface area (Å²) < 4.78 is 4.34. The average Bonchev–Trinajstić information content (AvgIpc) is 2.95. The predicted molar refractivity (Wildman–Crippen MR) is 72.7 cm³/mol. The molecule has 4 nitrogen and oxygen atoms in total. The second-order valence-electron chi connectivity index (χ2n) is 4.57. The van der Waals surface area contributed by atoms with Gasteiger partial charge in [0.25, 0.3) is 0 Å². The molecule has 0 bridgehead atoms. The first-order valence-corrected chi connectivity index (χ1v) is 7.41. The standard InChI is InChI=1S/C12H22N4S/c1-3-6-11-14-12(17-15-11)13-9-10-7-5-8-16(10)4-2/h10H,3-9H2,1-2H3,(H,13,14,15). The van der Waals surface area contributed by atoms with Crippen molar-refractivity contribution in [1.29, 1.82) is 0 Å². The molecule has 96 valence electrons. The van der Waals surface area contributed by atoms with E-state index >= 15 is 0 Å². The van der Waals surface area contributed by atoms with Crippen molar-refractivity contribution in [3.8, 4) is 0 Å². The van der Waals surface area contributed by atoms with Crippen molar-refractivity contribution < 1.29 is 0 Å². The van der Waals surface area contributed by atoms with E-state index in [2.05, 4.69) is 33.4 Å². The van der Waals surface area contributed by atoms with Gasteiger partial charge in [-0.15, -0.1) is 0 Å². The van der Waals surface area contributed by atoms with Gasteiger partial charge in [-0.1, -0.05) is 13.8 Å². The molecule has 0 radical (unpaired) electrons. The van der Waals surface area contributed by atoms with Gasteiger partial charge in [0, 0.05) is 30.5 Å². The summed E-state index contributed by atoms with van der Waals surface area (Å²) in [6.45, 7) is 7.81. The van der Waals surface area contributed by atoms with Gasteiger partial charge in [0.2, 0.25) is 5.13 Å². The maximum Gasteiger partial charge on any atom is 0.202 e. The van der Waals surface area contributed by atoms with Gasteiger partial charge in [0.1, 0.15) is 5.82 Å². The summed E-state index contributed by atoms with van der Waals surface area (Å²) in [5.41, 5.74) is 0. The lowest BCUT2D eigenvalue weighted by atomic mass is 10.2. The van der Waals surface area contributed by atoms with E-state index in [-0.39, 0.29) is 0 Å². The molecule has 1 aromatic heterocycles. The van der Waals surface area contributed by atoms with Crippen LogP contribution in [0.25, 0.3) is 0 Å². The highest BCUT2D eigenvalue weighted by Gasteiger charge is 2.22. The van der Waals surface area contributed by atoms with E-state index in [0.29, 0.717) is 6.04 Å². The number of likely N-dealkylation sites (N-methyl/N-ethyl adjacent to an activating group) is 1. The molecule has 0 aromatic carbocycles. The lowest BCUT2D eigenvalue weighted by molar-refractivity contribution is 0.277. The molecule has 0 amide bonds. The van der Waals surface area contributed by atoms with E-state index in [1.165, 1.54) is 30.9 Å². The van der Waals surface area contributed by atoms with Gasteiger partial charge in [0.05, 0.1) is 0 Å². The van der Waals surface area contributed by atoms with Crippen LogP contribution in [0.4, 0.5) is 5.13 Å². The Balaban J connectivity index is 1.80. The Hall–Kier alpha value is -0.680. The highest BCUT2D eigenvalue weighted by Crippen LogP contribution is 2.18. The number of anilines is 1. The van der Waals surface area contributed by atoms with Crippen molar-refractivity contribution in [2.24, 2.45) is 0 Å². The molecular weight excluding hydrogens is 232 g/mol. The minimum atomic E-state index is 0.679. The van der Waals surface area contributed by atoms with Crippen LogP contribution in [0.5, 0.6) is 0 Å². The maximum atomic E-state index is 4.49. The number of aryl methyl sites for hydroxylation is 1. The van der Waals surface area contributed by atoms with Gasteiger partial charge in [0.15, 0.2) is 0 Å². The second-order valence-corrected chi connectivity index (χ2v) is 5.32. The molecular formula is C12H22N4S. The summed E-state index contributed by atoms with van der Waals surface area (Å²) in [6, 6.07) is 0.679. The fourth-order valence-corrected chi connectivity index (χ4v) is 3.02. The molecule has 1 aromatic rings. The Kier molecular flexibility index (Phi) is 4.74. The number of hydrogen-bond donors (Lipinski definition) is 1. The van der Waals surface area contributed by atoms with Crippen LogP contribution in [0.2, 0.25) is 0 Å². The Morgan fingerprint density at radius 1 is 1.47 bits per heavy atom. The summed E-state index contributed by atoms with van der Waals surface area (Å²) in [4.78, 5) is 7.03. The average molecular weight is 254 g/mol. The van der Waals surface area contributed by atoms with Gasteiger partial charge in [-0.25, -0.2) is 4.98 Å². The Morgan fingerprint density at radius 2 is 2.35 bits per heavy atom. The molecule has 1 atom stereocenters. The summed E-state index contributed by atoms with van der Waals surface area (Å²) in [7, 11) is 0. The highest BCUT2D eigenvalue weighted by molar-refractivity contribution is 7.09. The first kappa shape index (κ1) is 12.8. The molecule has 1 unspecified atom stereocenters. The number of likely N-dealkylation sites (tertiary alicyclic amines) is 1. The van der Waals surface area contributed by atoms with Crippen molar-refractivity contribution in [2.75, 3.05) is 25.0 Å². The topological polar surface area (TPSA) is 41.1 Å². The van der Waals surface area contributed by atoms with E-state index < -0.39 is 0 Å². The SMILES string of the molecule is CCCc1nsc(NCC2CCCN2CC)n1. The van der Waals surface area contributed by atoms with E-state index in [9.17, 15) is 0 Å². The molecule has 1 fully saturated rings. The largest absolute Gasteiger partial charge is 0.359 e. The van der Waals surface area contributed by atoms with Crippen LogP contribution in [0.3, 0.4) is 0 Å². The molecule has 17 heavy (non-hydrogen) atoms. The molecule has 5 heteroatoms. The van der Waals surface area contributed by atoms with E-state index in [1.54, 1.807) is 0 Å². The van der Waals surface area contributed by atoms with Gasteiger partial charge in [-0.3, -0.25) is 4.90 Å². The van der Waals surface area contributed by atoms with Crippen LogP contribution >= 0.6 is 11.5 Å². The quantitative estimate of drug-likeness (QED) is 0.846. The Morgan fingerprint density at radius 3 is 3.12 bits per heavy atom. The third-order valence-corrected chi connectivity index (χ3v) is 4.05. The van der Waals surface area contributed by atoms with Gasteiger partial charge in [-0.05, 0) is 32.4 Å². The number of rotatable bonds is 6. The fraction of sp³-hybridized carbons (Fsp3) is 0.833. The monoisotopic (exact) mass is 254 g/mol. The first-order valence-electron chi connectivity index (χ1n) is 6.64. The van der Waals surface area contributed by atoms with Crippen molar-refractivity contribution in [3.05, 3.63) is 5.82 Å². The number of nitrogens with zero attached hydrogens (tertiary/aromatic N) is 3. The summed E-state index contributed by atoms with van der Waals surface area (Å²) >= 11 is 1.49. The van der Waals surface area contributed by atoms with Crippen molar-refractivity contribution in [1.82, 2.24) is 14.3 Å². The van der Waals surface area contributed by atoms with Gasteiger partial charge >= 0.3 is 0 Å². The van der Waals surface area contributed by atoms with Gasteiger partial charge in [-0.2, -0.15) is 4.37 Å². The van der Waals surface area contributed by atoms with Crippen LogP contribution in [-0.4, -0.2) is 39.9 Å². The predicted octanol–water partition coefficient (Wildman–Crippen LogP) is 2.39.